The van der Waals surface area contributed by atoms with Gasteiger partial charge in [0, 0.05) is 23.7 Å². The fraction of sp³-hybridized carbons (Fsp3) is 0.235. The molecule has 1 aromatic carbocycles. The molecule has 0 aliphatic heterocycles. The highest BCUT2D eigenvalue weighted by Crippen LogP contribution is 2.41. The van der Waals surface area contributed by atoms with Crippen LogP contribution in [0.1, 0.15) is 40.6 Å². The zero-order chi connectivity index (χ0) is 20.9. The Balaban J connectivity index is 1.69. The molecule has 2 N–H and O–H groups in total. The Morgan fingerprint density at radius 1 is 1.28 bits per heavy atom. The molecule has 1 amide bonds. The van der Waals surface area contributed by atoms with Crippen molar-refractivity contribution in [2.24, 2.45) is 0 Å². The number of halogens is 3. The van der Waals surface area contributed by atoms with Gasteiger partial charge in [-0.15, -0.1) is 0 Å². The number of aromatic hydroxyl groups is 1. The summed E-state index contributed by atoms with van der Waals surface area (Å²) in [6, 6.07) is 5.04. The lowest BCUT2D eigenvalue weighted by Crippen LogP contribution is -2.16. The first-order valence-corrected chi connectivity index (χ1v) is 8.40. The summed E-state index contributed by atoms with van der Waals surface area (Å²) in [6.45, 7) is 0. The fourth-order valence-corrected chi connectivity index (χ4v) is 2.82. The molecule has 2 heterocycles. The van der Waals surface area contributed by atoms with Gasteiger partial charge in [-0.3, -0.25) is 14.9 Å². The Bertz CT molecular complexity index is 1150. The number of carbonyl (C=O) groups excluding carboxylic acids is 1. The number of anilines is 1. The van der Waals surface area contributed by atoms with Gasteiger partial charge in [0.2, 0.25) is 0 Å². The van der Waals surface area contributed by atoms with Gasteiger partial charge in [0.25, 0.3) is 11.6 Å². The van der Waals surface area contributed by atoms with E-state index >= 15 is 0 Å². The fourth-order valence-electron chi connectivity index (χ4n) is 2.82. The second-order valence-corrected chi connectivity index (χ2v) is 6.55. The Morgan fingerprint density at radius 2 is 2.00 bits per heavy atom. The molecule has 1 aliphatic rings. The SMILES string of the molecule is O=C(Nc1ccc([N+](=O)[O-])cc1O)c1cc2nc(C3CC3)cc(C(F)(F)F)n2n1. The van der Waals surface area contributed by atoms with Crippen LogP contribution in [-0.4, -0.2) is 30.5 Å². The first-order chi connectivity index (χ1) is 13.6. The standard InChI is InChI=1S/C17H12F3N5O4/c18-17(19,20)14-6-11(8-1-2-8)21-15-7-12(23-24(14)15)16(27)22-10-4-3-9(25(28)29)5-13(10)26/h3-8,26H,1-2H2,(H,22,27). The largest absolute Gasteiger partial charge is 0.506 e. The zero-order valence-corrected chi connectivity index (χ0v) is 14.5. The molecular weight excluding hydrogens is 395 g/mol. The van der Waals surface area contributed by atoms with Crippen molar-refractivity contribution in [1.82, 2.24) is 14.6 Å². The number of fused-ring (bicyclic) bond motifs is 1. The van der Waals surface area contributed by atoms with Crippen LogP contribution in [0.4, 0.5) is 24.5 Å². The summed E-state index contributed by atoms with van der Waals surface area (Å²) in [6.07, 6.45) is -3.19. The molecule has 9 nitrogen and oxygen atoms in total. The van der Waals surface area contributed by atoms with Gasteiger partial charge in [0.1, 0.15) is 11.4 Å². The summed E-state index contributed by atoms with van der Waals surface area (Å²) < 4.78 is 40.8. The summed E-state index contributed by atoms with van der Waals surface area (Å²) in [7, 11) is 0. The van der Waals surface area contributed by atoms with E-state index in [0.29, 0.717) is 10.2 Å². The van der Waals surface area contributed by atoms with E-state index in [9.17, 15) is 33.2 Å². The first-order valence-electron chi connectivity index (χ1n) is 8.40. The van der Waals surface area contributed by atoms with Crippen molar-refractivity contribution in [3.8, 4) is 5.75 Å². The van der Waals surface area contributed by atoms with Crippen molar-refractivity contribution in [3.63, 3.8) is 0 Å². The number of alkyl halides is 3. The smallest absolute Gasteiger partial charge is 0.433 e. The van der Waals surface area contributed by atoms with Crippen LogP contribution in [-0.2, 0) is 6.18 Å². The third-order valence-electron chi connectivity index (χ3n) is 4.41. The normalized spacial score (nSPS) is 14.2. The molecule has 12 heteroatoms. The molecule has 150 valence electrons. The third kappa shape index (κ3) is 3.56. The van der Waals surface area contributed by atoms with Gasteiger partial charge in [-0.05, 0) is 25.0 Å². The Labute approximate surface area is 159 Å². The van der Waals surface area contributed by atoms with Gasteiger partial charge in [0.05, 0.1) is 16.7 Å². The summed E-state index contributed by atoms with van der Waals surface area (Å²) >= 11 is 0. The van der Waals surface area contributed by atoms with Crippen molar-refractivity contribution in [2.75, 3.05) is 5.32 Å². The van der Waals surface area contributed by atoms with Crippen molar-refractivity contribution in [2.45, 2.75) is 24.9 Å². The summed E-state index contributed by atoms with van der Waals surface area (Å²) in [5, 5.41) is 26.5. The van der Waals surface area contributed by atoms with Gasteiger partial charge in [-0.1, -0.05) is 0 Å². The molecule has 0 atom stereocenters. The minimum atomic E-state index is -4.69. The number of phenolic OH excluding ortho intramolecular Hbond substituents is 1. The van der Waals surface area contributed by atoms with Gasteiger partial charge in [-0.25, -0.2) is 9.50 Å². The second kappa shape index (κ2) is 6.43. The average molecular weight is 407 g/mol. The number of phenols is 1. The lowest BCUT2D eigenvalue weighted by molar-refractivity contribution is -0.384. The molecule has 2 aromatic heterocycles. The second-order valence-electron chi connectivity index (χ2n) is 6.55. The van der Waals surface area contributed by atoms with Crippen molar-refractivity contribution < 1.29 is 28.0 Å². The number of carbonyl (C=O) groups is 1. The van der Waals surface area contributed by atoms with Crippen LogP contribution in [0.3, 0.4) is 0 Å². The summed E-state index contributed by atoms with van der Waals surface area (Å²) in [5.74, 6) is -1.51. The van der Waals surface area contributed by atoms with Crippen LogP contribution < -0.4 is 5.32 Å². The first kappa shape index (κ1) is 18.7. The van der Waals surface area contributed by atoms with Crippen LogP contribution >= 0.6 is 0 Å². The van der Waals surface area contributed by atoms with Crippen LogP contribution in [0, 0.1) is 10.1 Å². The number of non-ortho nitro benzene ring substituents is 1. The lowest BCUT2D eigenvalue weighted by atomic mass is 10.2. The van der Waals surface area contributed by atoms with E-state index in [2.05, 4.69) is 15.4 Å². The highest BCUT2D eigenvalue weighted by molar-refractivity contribution is 6.04. The van der Waals surface area contributed by atoms with E-state index < -0.39 is 28.5 Å². The average Bonchev–Trinajstić information content (AvgIpc) is 3.40. The number of nitrogens with one attached hydrogen (secondary N) is 1. The van der Waals surface area contributed by atoms with E-state index in [4.69, 9.17) is 0 Å². The monoisotopic (exact) mass is 407 g/mol. The van der Waals surface area contributed by atoms with E-state index in [1.54, 1.807) is 0 Å². The molecular formula is C17H12F3N5O4. The topological polar surface area (TPSA) is 123 Å². The number of aromatic nitrogens is 3. The highest BCUT2D eigenvalue weighted by Gasteiger charge is 2.37. The maximum absolute atomic E-state index is 13.4. The number of nitro groups is 1. The quantitative estimate of drug-likeness (QED) is 0.388. The van der Waals surface area contributed by atoms with Gasteiger partial charge in [-0.2, -0.15) is 18.3 Å². The van der Waals surface area contributed by atoms with Crippen molar-refractivity contribution in [3.05, 3.63) is 57.5 Å². The number of nitro benzene ring substituents is 1. The summed E-state index contributed by atoms with van der Waals surface area (Å²) in [4.78, 5) is 26.5. The van der Waals surface area contributed by atoms with Crippen molar-refractivity contribution >= 4 is 22.9 Å². The molecule has 1 aliphatic carbocycles. The number of rotatable bonds is 4. The zero-order valence-electron chi connectivity index (χ0n) is 14.5. The Hall–Kier alpha value is -3.70. The maximum atomic E-state index is 13.4. The van der Waals surface area contributed by atoms with E-state index in [-0.39, 0.29) is 28.6 Å². The van der Waals surface area contributed by atoms with E-state index in [1.807, 2.05) is 0 Å². The Morgan fingerprint density at radius 3 is 2.59 bits per heavy atom. The molecule has 0 saturated heterocycles. The molecule has 0 spiro atoms. The van der Waals surface area contributed by atoms with Gasteiger partial charge >= 0.3 is 6.18 Å². The van der Waals surface area contributed by atoms with Crippen LogP contribution in [0.2, 0.25) is 0 Å². The number of amides is 1. The molecule has 0 radical (unpaired) electrons. The molecule has 1 saturated carbocycles. The molecule has 1 fully saturated rings. The summed E-state index contributed by atoms with van der Waals surface area (Å²) in [5.41, 5.74) is -1.76. The van der Waals surface area contributed by atoms with Crippen LogP contribution in [0.5, 0.6) is 5.75 Å². The minimum absolute atomic E-state index is 0.0367. The number of hydrogen-bond donors (Lipinski definition) is 2. The van der Waals surface area contributed by atoms with Gasteiger partial charge in [0.15, 0.2) is 11.3 Å². The van der Waals surface area contributed by atoms with Crippen LogP contribution in [0.15, 0.2) is 30.3 Å². The predicted molar refractivity (Wildman–Crippen MR) is 92.7 cm³/mol. The third-order valence-corrected chi connectivity index (χ3v) is 4.41. The molecule has 0 bridgehead atoms. The Kier molecular flexibility index (Phi) is 4.14. The molecule has 29 heavy (non-hydrogen) atoms. The van der Waals surface area contributed by atoms with Crippen LogP contribution in [0.25, 0.3) is 5.65 Å². The molecule has 3 aromatic rings. The van der Waals surface area contributed by atoms with Gasteiger partial charge < -0.3 is 10.4 Å². The van der Waals surface area contributed by atoms with Crippen molar-refractivity contribution in [1.29, 1.82) is 0 Å². The predicted octanol–water partition coefficient (Wildman–Crippen LogP) is 3.49. The molecule has 0 unspecified atom stereocenters. The number of nitrogens with zero attached hydrogens (tertiary/aromatic N) is 4. The number of benzene rings is 1. The molecule has 4 rings (SSSR count). The number of hydrogen-bond acceptors (Lipinski definition) is 6. The maximum Gasteiger partial charge on any atom is 0.433 e. The van der Waals surface area contributed by atoms with E-state index in [0.717, 1.165) is 43.2 Å². The lowest BCUT2D eigenvalue weighted by Gasteiger charge is -2.10. The highest BCUT2D eigenvalue weighted by atomic mass is 19.4. The minimum Gasteiger partial charge on any atom is -0.506 e. The van der Waals surface area contributed by atoms with E-state index in [1.165, 1.54) is 0 Å².